The molecule has 5 heterocycles. The van der Waals surface area contributed by atoms with Gasteiger partial charge in [-0.05, 0) is 37.1 Å². The van der Waals surface area contributed by atoms with Crippen molar-refractivity contribution in [3.63, 3.8) is 0 Å². The molecule has 0 radical (unpaired) electrons. The SMILES string of the molecule is COc1cc2c(cc1O)CC[N+]1(C)CC3c4c5c(c(C)c(OC(C)=O)c4C(SCC21)C1C(c2ccc(C)c(OC)c2O)NCCN31)OCO5. The number of piperazine rings is 1. The average Bonchev–Trinajstić information content (AvgIpc) is 3.59. The standard InChI is InChI=1S/C37H43N3O8S/c1-18-7-8-22(32(43)33(18)45-6)30-31-37-29-28(36-35(46-17-47-36)19(2)34(29)48-20(3)41)24(39(31)11-10-38-30)15-40(4)12-9-21-13-26(42)27(44-5)14-23(21)25(40)16-49-37/h7-8,13-14,24-25,30-31,37-38H,9-12,15-17H2,1-6H3,(H-,42,43)/p+1. The Hall–Kier alpha value is -3.84. The number of nitrogens with one attached hydrogen (secondary N) is 1. The predicted molar refractivity (Wildman–Crippen MR) is 184 cm³/mol. The third-order valence-corrected chi connectivity index (χ3v) is 12.9. The van der Waals surface area contributed by atoms with Crippen LogP contribution < -0.4 is 29.0 Å². The summed E-state index contributed by atoms with van der Waals surface area (Å²) in [6.45, 7) is 8.56. The number of benzene rings is 3. The molecule has 0 aliphatic carbocycles. The second-order valence-corrected chi connectivity index (χ2v) is 15.3. The number of phenols is 2. The van der Waals surface area contributed by atoms with Crippen LogP contribution in [-0.2, 0) is 11.2 Å². The van der Waals surface area contributed by atoms with Crippen molar-refractivity contribution in [3.05, 3.63) is 63.2 Å². The Kier molecular flexibility index (Phi) is 7.86. The number of likely N-dealkylation sites (N-methyl/N-ethyl adjacent to an activating group) is 1. The van der Waals surface area contributed by atoms with Gasteiger partial charge in [-0.1, -0.05) is 12.1 Å². The first-order valence-electron chi connectivity index (χ1n) is 16.9. The molecule has 6 atom stereocenters. The number of methoxy groups -OCH3 is 2. The van der Waals surface area contributed by atoms with E-state index in [4.69, 9.17) is 23.7 Å². The third-order valence-electron chi connectivity index (χ3n) is 11.5. The van der Waals surface area contributed by atoms with Gasteiger partial charge in [-0.3, -0.25) is 9.69 Å². The fourth-order valence-corrected chi connectivity index (χ4v) is 11.0. The number of aromatic hydroxyl groups is 2. The largest absolute Gasteiger partial charge is 0.504 e. The molecule has 1 fully saturated rings. The number of thioether (sulfide) groups is 1. The second-order valence-electron chi connectivity index (χ2n) is 14.1. The normalized spacial score (nSPS) is 28.2. The van der Waals surface area contributed by atoms with Crippen molar-refractivity contribution in [3.8, 4) is 40.2 Å². The molecule has 11 nitrogen and oxygen atoms in total. The van der Waals surface area contributed by atoms with Gasteiger partial charge in [0.05, 0.1) is 57.4 Å². The average molecular weight is 691 g/mol. The zero-order valence-corrected chi connectivity index (χ0v) is 29.6. The molecule has 0 saturated carbocycles. The smallest absolute Gasteiger partial charge is 0.308 e. The summed E-state index contributed by atoms with van der Waals surface area (Å²) in [5.74, 6) is 3.54. The van der Waals surface area contributed by atoms with Gasteiger partial charge in [0.15, 0.2) is 34.5 Å². The topological polar surface area (TPSA) is 119 Å². The fourth-order valence-electron chi connectivity index (χ4n) is 9.19. The molecule has 0 spiro atoms. The maximum Gasteiger partial charge on any atom is 0.308 e. The zero-order valence-electron chi connectivity index (χ0n) is 28.8. The Balaban J connectivity index is 1.37. The van der Waals surface area contributed by atoms with E-state index >= 15 is 0 Å². The summed E-state index contributed by atoms with van der Waals surface area (Å²) in [5, 5.41) is 26.0. The summed E-state index contributed by atoms with van der Waals surface area (Å²) in [5.41, 5.74) is 6.73. The number of ether oxygens (including phenoxy) is 5. The molecule has 0 aromatic heterocycles. The molecular weight excluding hydrogens is 646 g/mol. The van der Waals surface area contributed by atoms with Crippen molar-refractivity contribution in [2.75, 3.05) is 60.0 Å². The van der Waals surface area contributed by atoms with Crippen molar-refractivity contribution in [1.29, 1.82) is 0 Å². The number of carbonyl (C=O) groups is 1. The van der Waals surface area contributed by atoms with Crippen LogP contribution >= 0.6 is 11.8 Å². The Morgan fingerprint density at radius 2 is 1.86 bits per heavy atom. The maximum absolute atomic E-state index is 12.8. The number of nitrogens with zero attached hydrogens (tertiary/aromatic N) is 2. The number of aryl methyl sites for hydroxylation is 1. The molecule has 8 rings (SSSR count). The van der Waals surface area contributed by atoms with E-state index in [9.17, 15) is 15.0 Å². The summed E-state index contributed by atoms with van der Waals surface area (Å²) in [6, 6.07) is 7.51. The predicted octanol–water partition coefficient (Wildman–Crippen LogP) is 4.99. The van der Waals surface area contributed by atoms with Crippen LogP contribution in [0.15, 0.2) is 24.3 Å². The fraction of sp³-hybridized carbons (Fsp3) is 0.486. The van der Waals surface area contributed by atoms with E-state index < -0.39 is 5.97 Å². The van der Waals surface area contributed by atoms with Crippen LogP contribution in [0.3, 0.4) is 0 Å². The molecule has 260 valence electrons. The van der Waals surface area contributed by atoms with Crippen molar-refractivity contribution >= 4 is 17.7 Å². The highest BCUT2D eigenvalue weighted by Crippen LogP contribution is 2.62. The number of phenolic OH excluding ortho intramolecular Hbond substituents is 2. The highest BCUT2D eigenvalue weighted by Gasteiger charge is 2.56. The Bertz CT molecular complexity index is 1870. The molecule has 0 amide bonds. The van der Waals surface area contributed by atoms with Crippen molar-refractivity contribution in [1.82, 2.24) is 10.2 Å². The molecule has 5 aliphatic rings. The van der Waals surface area contributed by atoms with Crippen molar-refractivity contribution in [2.45, 2.75) is 56.6 Å². The van der Waals surface area contributed by atoms with E-state index in [1.54, 1.807) is 14.2 Å². The molecule has 5 aliphatic heterocycles. The summed E-state index contributed by atoms with van der Waals surface area (Å²) < 4.78 is 30.6. The van der Waals surface area contributed by atoms with E-state index in [2.05, 4.69) is 17.3 Å². The molecule has 1 saturated heterocycles. The van der Waals surface area contributed by atoms with Gasteiger partial charge >= 0.3 is 5.97 Å². The van der Waals surface area contributed by atoms with E-state index in [0.717, 1.165) is 75.4 Å². The number of fused-ring (bicyclic) bond motifs is 7. The van der Waals surface area contributed by atoms with Gasteiger partial charge < -0.3 is 43.7 Å². The Morgan fingerprint density at radius 3 is 2.61 bits per heavy atom. The summed E-state index contributed by atoms with van der Waals surface area (Å²) >= 11 is 1.85. The minimum Gasteiger partial charge on any atom is -0.504 e. The van der Waals surface area contributed by atoms with Gasteiger partial charge in [-0.15, -0.1) is 11.8 Å². The first kappa shape index (κ1) is 32.4. The van der Waals surface area contributed by atoms with Gasteiger partial charge in [-0.2, -0.15) is 0 Å². The van der Waals surface area contributed by atoms with Gasteiger partial charge in [0.25, 0.3) is 0 Å². The van der Waals surface area contributed by atoms with Gasteiger partial charge in [0.2, 0.25) is 6.79 Å². The summed E-state index contributed by atoms with van der Waals surface area (Å²) in [6.07, 6.45) is 0.822. The molecule has 6 unspecified atom stereocenters. The molecule has 3 aromatic rings. The third kappa shape index (κ3) is 4.85. The van der Waals surface area contributed by atoms with Crippen molar-refractivity contribution in [2.24, 2.45) is 0 Å². The summed E-state index contributed by atoms with van der Waals surface area (Å²) in [7, 11) is 5.52. The van der Waals surface area contributed by atoms with Crippen LogP contribution in [0.5, 0.6) is 40.2 Å². The van der Waals surface area contributed by atoms with Crippen LogP contribution in [0, 0.1) is 13.8 Å². The molecular formula is C37H44N3O8S+. The Labute approximate surface area is 290 Å². The minimum absolute atomic E-state index is 0.103. The molecule has 12 heteroatoms. The number of esters is 1. The molecule has 3 N–H and O–H groups in total. The second kappa shape index (κ2) is 11.9. The number of quaternary nitrogens is 1. The van der Waals surface area contributed by atoms with Crippen LogP contribution in [0.2, 0.25) is 0 Å². The highest BCUT2D eigenvalue weighted by molar-refractivity contribution is 7.99. The lowest BCUT2D eigenvalue weighted by atomic mass is 9.78. The van der Waals surface area contributed by atoms with E-state index in [1.807, 2.05) is 49.9 Å². The Morgan fingerprint density at radius 1 is 1.06 bits per heavy atom. The highest BCUT2D eigenvalue weighted by atomic mass is 32.2. The lowest BCUT2D eigenvalue weighted by Gasteiger charge is -2.54. The minimum atomic E-state index is -0.391. The van der Waals surface area contributed by atoms with Gasteiger partial charge in [0.1, 0.15) is 11.8 Å². The number of hydrogen-bond donors (Lipinski definition) is 3. The number of rotatable bonds is 4. The lowest BCUT2D eigenvalue weighted by molar-refractivity contribution is -0.941. The van der Waals surface area contributed by atoms with E-state index in [0.29, 0.717) is 29.5 Å². The summed E-state index contributed by atoms with van der Waals surface area (Å²) in [4.78, 5) is 15.4. The van der Waals surface area contributed by atoms with Crippen LogP contribution in [0.4, 0.5) is 0 Å². The molecule has 3 aromatic carbocycles. The van der Waals surface area contributed by atoms with Gasteiger partial charge in [-0.25, -0.2) is 0 Å². The number of carbonyl (C=O) groups excluding carboxylic acids is 1. The van der Waals surface area contributed by atoms with Gasteiger partial charge in [0, 0.05) is 60.3 Å². The van der Waals surface area contributed by atoms with Crippen LogP contribution in [0.25, 0.3) is 0 Å². The first-order valence-corrected chi connectivity index (χ1v) is 18.0. The maximum atomic E-state index is 12.8. The van der Waals surface area contributed by atoms with Crippen LogP contribution in [0.1, 0.15) is 69.2 Å². The van der Waals surface area contributed by atoms with E-state index in [-0.39, 0.29) is 47.7 Å². The quantitative estimate of drug-likeness (QED) is 0.195. The monoisotopic (exact) mass is 690 g/mol. The molecule has 49 heavy (non-hydrogen) atoms. The molecule has 2 bridgehead atoms. The zero-order chi connectivity index (χ0) is 34.4. The lowest BCUT2D eigenvalue weighted by Crippen LogP contribution is -2.61. The first-order chi connectivity index (χ1) is 23.6. The van der Waals surface area contributed by atoms with Crippen LogP contribution in [-0.4, -0.2) is 91.6 Å². The van der Waals surface area contributed by atoms with Crippen molar-refractivity contribution < 1.29 is 43.2 Å². The number of hydrogen-bond acceptors (Lipinski definition) is 11. The van der Waals surface area contributed by atoms with E-state index in [1.165, 1.54) is 12.5 Å².